The molecule has 0 fully saturated rings. The van der Waals surface area contributed by atoms with Gasteiger partial charge in [-0.2, -0.15) is 0 Å². The predicted octanol–water partition coefficient (Wildman–Crippen LogP) is 4.76. The minimum atomic E-state index is -0.684. The Balaban J connectivity index is 1.95. The second-order valence-corrected chi connectivity index (χ2v) is 8.34. The van der Waals surface area contributed by atoms with Gasteiger partial charge >= 0.3 is 0 Å². The van der Waals surface area contributed by atoms with Crippen LogP contribution in [0.25, 0.3) is 0 Å². The van der Waals surface area contributed by atoms with Crippen molar-refractivity contribution in [1.82, 2.24) is 10.2 Å². The number of likely N-dealkylation sites (N-methyl/N-ethyl adjacent to an activating group) is 1. The normalized spacial score (nSPS) is 11.6. The summed E-state index contributed by atoms with van der Waals surface area (Å²) in [6, 6.07) is 21.0. The van der Waals surface area contributed by atoms with Gasteiger partial charge in [0.05, 0.1) is 6.42 Å². The zero-order chi connectivity index (χ0) is 23.8. The topological polar surface area (TPSA) is 49.4 Å². The summed E-state index contributed by atoms with van der Waals surface area (Å²) < 4.78 is 13.5. The number of carbonyl (C=O) groups is 2. The van der Waals surface area contributed by atoms with Gasteiger partial charge in [0.1, 0.15) is 11.9 Å². The Kier molecular flexibility index (Phi) is 8.36. The quantitative estimate of drug-likeness (QED) is 0.515. The molecule has 0 saturated heterocycles. The van der Waals surface area contributed by atoms with E-state index in [1.165, 1.54) is 17.7 Å². The summed E-state index contributed by atoms with van der Waals surface area (Å²) in [5.41, 5.74) is 4.93. The number of benzene rings is 3. The maximum absolute atomic E-state index is 13.6. The first-order valence-corrected chi connectivity index (χ1v) is 11.3. The molecule has 3 aromatic rings. The predicted molar refractivity (Wildman–Crippen MR) is 129 cm³/mol. The van der Waals surface area contributed by atoms with E-state index in [4.69, 9.17) is 0 Å². The fourth-order valence-corrected chi connectivity index (χ4v) is 3.82. The van der Waals surface area contributed by atoms with Gasteiger partial charge in [-0.1, -0.05) is 60.7 Å². The van der Waals surface area contributed by atoms with E-state index in [-0.39, 0.29) is 30.6 Å². The third kappa shape index (κ3) is 6.75. The maximum atomic E-state index is 13.6. The number of carbonyl (C=O) groups excluding carboxylic acids is 2. The molecule has 0 aliphatic rings. The lowest BCUT2D eigenvalue weighted by atomic mass is 10.00. The second-order valence-electron chi connectivity index (χ2n) is 8.34. The van der Waals surface area contributed by atoms with Crippen LogP contribution in [0.2, 0.25) is 0 Å². The molecule has 4 nitrogen and oxygen atoms in total. The largest absolute Gasteiger partial charge is 0.355 e. The number of hydrogen-bond acceptors (Lipinski definition) is 2. The van der Waals surface area contributed by atoms with Crippen molar-refractivity contribution in [3.05, 3.63) is 106 Å². The molecule has 2 amide bonds. The second kappa shape index (κ2) is 11.4. The van der Waals surface area contributed by atoms with Gasteiger partial charge in [0.25, 0.3) is 0 Å². The number of amides is 2. The molecule has 0 aliphatic heterocycles. The lowest BCUT2D eigenvalue weighted by Crippen LogP contribution is -2.50. The van der Waals surface area contributed by atoms with Crippen molar-refractivity contribution < 1.29 is 14.0 Å². The zero-order valence-electron chi connectivity index (χ0n) is 19.5. The van der Waals surface area contributed by atoms with E-state index in [1.54, 1.807) is 17.0 Å². The molecule has 0 saturated carbocycles. The van der Waals surface area contributed by atoms with Gasteiger partial charge in [-0.05, 0) is 60.7 Å². The molecule has 1 N–H and O–H groups in total. The molecule has 1 unspecified atom stereocenters. The number of nitrogens with zero attached hydrogens (tertiary/aromatic N) is 1. The molecule has 0 bridgehead atoms. The van der Waals surface area contributed by atoms with Gasteiger partial charge < -0.3 is 10.2 Å². The van der Waals surface area contributed by atoms with Crippen molar-refractivity contribution in [1.29, 1.82) is 0 Å². The standard InChI is InChI=1S/C28H31FN2O2/c1-4-30-28(33)26(17-22-8-6-5-7-9-22)31(19-23-12-14-25(29)15-13-23)27(32)18-24-11-10-20(2)21(3)16-24/h5-16,26H,4,17-19H2,1-3H3,(H,30,33). The van der Waals surface area contributed by atoms with Gasteiger partial charge in [0.15, 0.2) is 0 Å². The van der Waals surface area contributed by atoms with E-state index in [0.29, 0.717) is 13.0 Å². The fourth-order valence-electron chi connectivity index (χ4n) is 3.82. The zero-order valence-corrected chi connectivity index (χ0v) is 19.5. The Hall–Kier alpha value is -3.47. The molecular weight excluding hydrogens is 415 g/mol. The summed E-state index contributed by atoms with van der Waals surface area (Å²) >= 11 is 0. The van der Waals surface area contributed by atoms with Crippen LogP contribution in [0.1, 0.15) is 34.7 Å². The number of aryl methyl sites for hydroxylation is 2. The third-order valence-electron chi connectivity index (χ3n) is 5.81. The molecule has 172 valence electrons. The summed E-state index contributed by atoms with van der Waals surface area (Å²) in [4.78, 5) is 28.3. The average molecular weight is 447 g/mol. The molecule has 0 radical (unpaired) electrons. The molecule has 0 spiro atoms. The van der Waals surface area contributed by atoms with Crippen molar-refractivity contribution in [2.75, 3.05) is 6.54 Å². The fraction of sp³-hybridized carbons (Fsp3) is 0.286. The molecule has 5 heteroatoms. The summed E-state index contributed by atoms with van der Waals surface area (Å²) in [5.74, 6) is -0.678. The van der Waals surface area contributed by atoms with Crippen LogP contribution in [-0.4, -0.2) is 29.3 Å². The van der Waals surface area contributed by atoms with Crippen LogP contribution >= 0.6 is 0 Å². The molecule has 3 rings (SSSR count). The molecule has 0 aliphatic carbocycles. The Labute approximate surface area is 195 Å². The molecular formula is C28H31FN2O2. The highest BCUT2D eigenvalue weighted by molar-refractivity contribution is 5.88. The van der Waals surface area contributed by atoms with E-state index in [1.807, 2.05) is 69.3 Å². The summed E-state index contributed by atoms with van der Waals surface area (Å²) in [6.07, 6.45) is 0.583. The Morgan fingerprint density at radius 3 is 2.18 bits per heavy atom. The van der Waals surface area contributed by atoms with Crippen LogP contribution in [0.3, 0.4) is 0 Å². The maximum Gasteiger partial charge on any atom is 0.243 e. The highest BCUT2D eigenvalue weighted by Crippen LogP contribution is 2.18. The van der Waals surface area contributed by atoms with Crippen molar-refractivity contribution in [3.8, 4) is 0 Å². The number of rotatable bonds is 9. The van der Waals surface area contributed by atoms with Gasteiger partial charge in [0, 0.05) is 19.5 Å². The summed E-state index contributed by atoms with van der Waals surface area (Å²) in [6.45, 7) is 6.61. The van der Waals surface area contributed by atoms with Crippen molar-refractivity contribution in [3.63, 3.8) is 0 Å². The van der Waals surface area contributed by atoms with E-state index in [2.05, 4.69) is 5.32 Å². The highest BCUT2D eigenvalue weighted by atomic mass is 19.1. The first-order chi connectivity index (χ1) is 15.9. The van der Waals surface area contributed by atoms with Gasteiger partial charge in [-0.25, -0.2) is 4.39 Å². The van der Waals surface area contributed by atoms with E-state index in [9.17, 15) is 14.0 Å². The first kappa shape index (κ1) is 24.2. The van der Waals surface area contributed by atoms with Crippen molar-refractivity contribution >= 4 is 11.8 Å². The van der Waals surface area contributed by atoms with Crippen LogP contribution in [0.4, 0.5) is 4.39 Å². The summed E-state index contributed by atoms with van der Waals surface area (Å²) in [7, 11) is 0. The third-order valence-corrected chi connectivity index (χ3v) is 5.81. The Morgan fingerprint density at radius 1 is 0.879 bits per heavy atom. The molecule has 3 aromatic carbocycles. The molecule has 33 heavy (non-hydrogen) atoms. The lowest BCUT2D eigenvalue weighted by molar-refractivity contribution is -0.140. The minimum Gasteiger partial charge on any atom is -0.355 e. The van der Waals surface area contributed by atoms with Crippen molar-refractivity contribution in [2.24, 2.45) is 0 Å². The molecule has 0 aromatic heterocycles. The number of hydrogen-bond donors (Lipinski definition) is 1. The highest BCUT2D eigenvalue weighted by Gasteiger charge is 2.30. The van der Waals surface area contributed by atoms with Gasteiger partial charge in [-0.15, -0.1) is 0 Å². The molecule has 1 atom stereocenters. The summed E-state index contributed by atoms with van der Waals surface area (Å²) in [5, 5.41) is 2.88. The van der Waals surface area contributed by atoms with Crippen LogP contribution < -0.4 is 5.32 Å². The number of halogens is 1. The lowest BCUT2D eigenvalue weighted by Gasteiger charge is -2.31. The first-order valence-electron chi connectivity index (χ1n) is 11.3. The molecule has 0 heterocycles. The van der Waals surface area contributed by atoms with Gasteiger partial charge in [0.2, 0.25) is 11.8 Å². The van der Waals surface area contributed by atoms with Crippen LogP contribution in [0.5, 0.6) is 0 Å². The monoisotopic (exact) mass is 446 g/mol. The minimum absolute atomic E-state index is 0.144. The Morgan fingerprint density at radius 2 is 1.55 bits per heavy atom. The van der Waals surface area contributed by atoms with E-state index in [0.717, 1.165) is 22.3 Å². The average Bonchev–Trinajstić information content (AvgIpc) is 2.80. The van der Waals surface area contributed by atoms with Crippen LogP contribution in [0, 0.1) is 19.7 Å². The number of nitrogens with one attached hydrogen (secondary N) is 1. The smallest absolute Gasteiger partial charge is 0.243 e. The van der Waals surface area contributed by atoms with Crippen LogP contribution in [-0.2, 0) is 29.0 Å². The van der Waals surface area contributed by atoms with Gasteiger partial charge in [-0.3, -0.25) is 9.59 Å². The Bertz CT molecular complexity index is 1080. The SMILES string of the molecule is CCNC(=O)C(Cc1ccccc1)N(Cc1ccc(F)cc1)C(=O)Cc1ccc(C)c(C)c1. The van der Waals surface area contributed by atoms with Crippen LogP contribution in [0.15, 0.2) is 72.8 Å². The van der Waals surface area contributed by atoms with Crippen molar-refractivity contribution in [2.45, 2.75) is 46.2 Å². The van der Waals surface area contributed by atoms with E-state index < -0.39 is 6.04 Å². The van der Waals surface area contributed by atoms with E-state index >= 15 is 0 Å².